The third-order valence-corrected chi connectivity index (χ3v) is 2.82. The van der Waals surface area contributed by atoms with E-state index in [0.717, 1.165) is 9.13 Å². The van der Waals surface area contributed by atoms with Crippen molar-refractivity contribution < 1.29 is 9.53 Å². The standard InChI is InChI=1S/C10H12INO2/c1-10(2,14-9(12)13)7-5-3-4-6-8(7)11/h3-6H,1-2H3,(H2,12,13). The molecular weight excluding hydrogens is 293 g/mol. The van der Waals surface area contributed by atoms with Gasteiger partial charge in [-0.1, -0.05) is 18.2 Å². The largest absolute Gasteiger partial charge is 0.439 e. The highest BCUT2D eigenvalue weighted by molar-refractivity contribution is 14.1. The summed E-state index contributed by atoms with van der Waals surface area (Å²) < 4.78 is 6.09. The molecule has 0 aliphatic heterocycles. The molecule has 0 aromatic heterocycles. The molecule has 14 heavy (non-hydrogen) atoms. The Bertz CT molecular complexity index is 350. The second-order valence-electron chi connectivity index (χ2n) is 3.41. The summed E-state index contributed by atoms with van der Waals surface area (Å²) in [6.45, 7) is 3.63. The highest BCUT2D eigenvalue weighted by atomic mass is 127. The molecule has 0 heterocycles. The van der Waals surface area contributed by atoms with Crippen LogP contribution in [0.15, 0.2) is 24.3 Å². The number of carbonyl (C=O) groups is 1. The fraction of sp³-hybridized carbons (Fsp3) is 0.300. The van der Waals surface area contributed by atoms with Gasteiger partial charge >= 0.3 is 6.09 Å². The molecule has 1 amide bonds. The molecule has 0 fully saturated rings. The van der Waals surface area contributed by atoms with Gasteiger partial charge in [-0.25, -0.2) is 4.79 Å². The normalized spacial score (nSPS) is 11.1. The summed E-state index contributed by atoms with van der Waals surface area (Å²) in [6.07, 6.45) is -0.755. The number of hydrogen-bond acceptors (Lipinski definition) is 2. The molecule has 0 aliphatic rings. The summed E-state index contributed by atoms with van der Waals surface area (Å²) in [5.41, 5.74) is 5.28. The number of nitrogens with two attached hydrogens (primary N) is 1. The van der Waals surface area contributed by atoms with Crippen LogP contribution < -0.4 is 5.73 Å². The first kappa shape index (κ1) is 11.3. The molecule has 3 nitrogen and oxygen atoms in total. The van der Waals surface area contributed by atoms with Gasteiger partial charge in [-0.2, -0.15) is 0 Å². The van der Waals surface area contributed by atoms with Crippen LogP contribution in [0.4, 0.5) is 4.79 Å². The quantitative estimate of drug-likeness (QED) is 0.854. The Hall–Kier alpha value is -0.780. The maximum absolute atomic E-state index is 10.7. The van der Waals surface area contributed by atoms with Crippen LogP contribution in [0, 0.1) is 3.57 Å². The summed E-state index contributed by atoms with van der Waals surface area (Å²) >= 11 is 2.20. The third-order valence-electron chi connectivity index (χ3n) is 1.88. The number of hydrogen-bond donors (Lipinski definition) is 1. The number of benzene rings is 1. The maximum atomic E-state index is 10.7. The first-order valence-electron chi connectivity index (χ1n) is 4.17. The highest BCUT2D eigenvalue weighted by Crippen LogP contribution is 2.28. The smallest absolute Gasteiger partial charge is 0.405 e. The van der Waals surface area contributed by atoms with Crippen LogP contribution in [0.2, 0.25) is 0 Å². The average Bonchev–Trinajstić information content (AvgIpc) is 2.02. The summed E-state index contributed by atoms with van der Waals surface area (Å²) in [5.74, 6) is 0. The van der Waals surface area contributed by atoms with Crippen molar-refractivity contribution in [3.05, 3.63) is 33.4 Å². The molecule has 4 heteroatoms. The zero-order valence-corrected chi connectivity index (χ0v) is 10.2. The van der Waals surface area contributed by atoms with Crippen molar-refractivity contribution in [2.45, 2.75) is 19.4 Å². The molecule has 76 valence electrons. The topological polar surface area (TPSA) is 52.3 Å². The Balaban J connectivity index is 3.03. The van der Waals surface area contributed by atoms with E-state index < -0.39 is 11.7 Å². The minimum absolute atomic E-state index is 0.677. The molecule has 1 rings (SSSR count). The van der Waals surface area contributed by atoms with Crippen molar-refractivity contribution in [3.8, 4) is 0 Å². The Morgan fingerprint density at radius 2 is 2.00 bits per heavy atom. The lowest BCUT2D eigenvalue weighted by Gasteiger charge is -2.25. The van der Waals surface area contributed by atoms with E-state index in [9.17, 15) is 4.79 Å². The molecule has 0 saturated carbocycles. The molecule has 0 unspecified atom stereocenters. The summed E-state index contributed by atoms with van der Waals surface area (Å²) in [6, 6.07) is 7.72. The molecule has 2 N–H and O–H groups in total. The Labute approximate surface area is 96.8 Å². The molecule has 0 atom stereocenters. The summed E-state index contributed by atoms with van der Waals surface area (Å²) in [7, 11) is 0. The second-order valence-corrected chi connectivity index (χ2v) is 4.57. The van der Waals surface area contributed by atoms with Gasteiger partial charge in [-0.15, -0.1) is 0 Å². The van der Waals surface area contributed by atoms with Crippen LogP contribution in [-0.2, 0) is 10.3 Å². The fourth-order valence-electron chi connectivity index (χ4n) is 1.26. The van der Waals surface area contributed by atoms with E-state index in [2.05, 4.69) is 22.6 Å². The van der Waals surface area contributed by atoms with E-state index in [1.165, 1.54) is 0 Å². The van der Waals surface area contributed by atoms with E-state index in [4.69, 9.17) is 10.5 Å². The number of carbonyl (C=O) groups excluding carboxylic acids is 1. The Morgan fingerprint density at radius 1 is 1.43 bits per heavy atom. The van der Waals surface area contributed by atoms with Crippen LogP contribution in [0.1, 0.15) is 19.4 Å². The van der Waals surface area contributed by atoms with E-state index in [1.54, 1.807) is 0 Å². The lowest BCUT2D eigenvalue weighted by Crippen LogP contribution is -2.29. The van der Waals surface area contributed by atoms with Crippen molar-refractivity contribution in [3.63, 3.8) is 0 Å². The first-order chi connectivity index (χ1) is 6.43. The van der Waals surface area contributed by atoms with Crippen LogP contribution in [0.3, 0.4) is 0 Å². The minimum atomic E-state index is -0.755. The summed E-state index contributed by atoms with van der Waals surface area (Å²) in [5, 5.41) is 0. The molecule has 0 bridgehead atoms. The van der Waals surface area contributed by atoms with Crippen molar-refractivity contribution in [2.75, 3.05) is 0 Å². The van der Waals surface area contributed by atoms with E-state index >= 15 is 0 Å². The average molecular weight is 305 g/mol. The number of ether oxygens (including phenoxy) is 1. The Kier molecular flexibility index (Phi) is 3.36. The molecule has 1 aromatic rings. The van der Waals surface area contributed by atoms with Crippen LogP contribution in [0.5, 0.6) is 0 Å². The van der Waals surface area contributed by atoms with Gasteiger partial charge in [0.15, 0.2) is 0 Å². The number of halogens is 1. The van der Waals surface area contributed by atoms with Crippen molar-refractivity contribution in [2.24, 2.45) is 5.73 Å². The van der Waals surface area contributed by atoms with Crippen molar-refractivity contribution >= 4 is 28.7 Å². The lowest BCUT2D eigenvalue weighted by atomic mass is 9.98. The molecule has 1 aromatic carbocycles. The van der Waals surface area contributed by atoms with Crippen molar-refractivity contribution in [1.82, 2.24) is 0 Å². The summed E-state index contributed by atoms with van der Waals surface area (Å²) in [4.78, 5) is 10.7. The zero-order valence-electron chi connectivity index (χ0n) is 8.08. The van der Waals surface area contributed by atoms with Gasteiger partial charge in [-0.05, 0) is 42.5 Å². The molecule has 0 saturated heterocycles. The monoisotopic (exact) mass is 305 g/mol. The van der Waals surface area contributed by atoms with Gasteiger partial charge in [0, 0.05) is 9.13 Å². The maximum Gasteiger partial charge on any atom is 0.405 e. The molecule has 0 radical (unpaired) electrons. The lowest BCUT2D eigenvalue weighted by molar-refractivity contribution is 0.0426. The highest BCUT2D eigenvalue weighted by Gasteiger charge is 2.26. The van der Waals surface area contributed by atoms with Gasteiger partial charge in [0.2, 0.25) is 0 Å². The number of rotatable bonds is 2. The Morgan fingerprint density at radius 3 is 2.50 bits per heavy atom. The minimum Gasteiger partial charge on any atom is -0.439 e. The van der Waals surface area contributed by atoms with Crippen LogP contribution in [0.25, 0.3) is 0 Å². The van der Waals surface area contributed by atoms with Gasteiger partial charge in [0.25, 0.3) is 0 Å². The predicted octanol–water partition coefficient (Wildman–Crippen LogP) is 2.62. The van der Waals surface area contributed by atoms with E-state index in [-0.39, 0.29) is 0 Å². The predicted molar refractivity (Wildman–Crippen MR) is 62.9 cm³/mol. The SMILES string of the molecule is CC(C)(OC(N)=O)c1ccccc1I. The van der Waals surface area contributed by atoms with Gasteiger partial charge < -0.3 is 10.5 Å². The van der Waals surface area contributed by atoms with Crippen LogP contribution >= 0.6 is 22.6 Å². The number of primary amides is 1. The zero-order chi connectivity index (χ0) is 10.8. The van der Waals surface area contributed by atoms with Gasteiger partial charge in [0.05, 0.1) is 0 Å². The molecular formula is C10H12INO2. The van der Waals surface area contributed by atoms with Gasteiger partial charge in [0.1, 0.15) is 5.60 Å². The third kappa shape index (κ3) is 2.60. The van der Waals surface area contributed by atoms with Crippen molar-refractivity contribution in [1.29, 1.82) is 0 Å². The van der Waals surface area contributed by atoms with E-state index in [0.29, 0.717) is 0 Å². The molecule has 0 aliphatic carbocycles. The fourth-order valence-corrected chi connectivity index (χ4v) is 2.29. The second kappa shape index (κ2) is 4.16. The first-order valence-corrected chi connectivity index (χ1v) is 5.25. The van der Waals surface area contributed by atoms with E-state index in [1.807, 2.05) is 38.1 Å². The number of amides is 1. The van der Waals surface area contributed by atoms with Crippen LogP contribution in [-0.4, -0.2) is 6.09 Å². The molecule has 0 spiro atoms. The van der Waals surface area contributed by atoms with Gasteiger partial charge in [-0.3, -0.25) is 0 Å².